The van der Waals surface area contributed by atoms with Crippen LogP contribution >= 0.6 is 0 Å². The first kappa shape index (κ1) is 31.0. The van der Waals surface area contributed by atoms with Crippen LogP contribution in [0, 0.1) is 6.92 Å². The van der Waals surface area contributed by atoms with Crippen molar-refractivity contribution in [3.8, 4) is 39.2 Å². The SMILES string of the molecule is Cc1nc2cc(-c3ccc(-c4ccc(-c5cc6ccc7cccc8c9cccc%10ccc%11cccc(c(c5)c6c78)c%11c%109)cc4)nc3)ccc2n1-c1ccccc1. The number of hydrogen-bond donors (Lipinski definition) is 0. The van der Waals surface area contributed by atoms with Gasteiger partial charge in [0.1, 0.15) is 5.82 Å². The number of rotatable bonds is 4. The molecule has 0 unspecified atom stereocenters. The third-order valence-corrected chi connectivity index (χ3v) is 11.9. The minimum absolute atomic E-state index is 0.948. The van der Waals surface area contributed by atoms with E-state index >= 15 is 0 Å². The van der Waals surface area contributed by atoms with E-state index in [4.69, 9.17) is 9.97 Å². The molecule has 0 atom stereocenters. The lowest BCUT2D eigenvalue weighted by Crippen LogP contribution is -1.95. The standard InChI is InChI=1S/C53H33N3/c1-32-55-48-30-38(25-27-49(48)56(32)42-11-3-2-4-12-42)40-24-26-47(54-31-40)34-18-16-33(17-19-34)41-28-39-23-22-37-9-6-14-44-43-13-5-8-35-20-21-36-10-7-15-45(52(36)50(35)43)46(29-41)53(39)51(37)44/h2-31H,1H3. The molecule has 10 aromatic carbocycles. The summed E-state index contributed by atoms with van der Waals surface area (Å²) in [5.74, 6) is 0.970. The molecule has 0 radical (unpaired) electrons. The number of aromatic nitrogens is 3. The molecule has 0 saturated heterocycles. The largest absolute Gasteiger partial charge is 0.297 e. The molecule has 12 rings (SSSR count). The minimum Gasteiger partial charge on any atom is -0.297 e. The number of aryl methyl sites for hydroxylation is 1. The molecule has 0 aliphatic carbocycles. The first-order valence-corrected chi connectivity index (χ1v) is 19.2. The van der Waals surface area contributed by atoms with E-state index in [0.29, 0.717) is 0 Å². The van der Waals surface area contributed by atoms with Gasteiger partial charge in [-0.1, -0.05) is 133 Å². The lowest BCUT2D eigenvalue weighted by molar-refractivity contribution is 1.00. The first-order valence-electron chi connectivity index (χ1n) is 19.2. The Balaban J connectivity index is 0.953. The molecule has 0 fully saturated rings. The summed E-state index contributed by atoms with van der Waals surface area (Å²) in [7, 11) is 0. The molecule has 0 N–H and O–H groups in total. The van der Waals surface area contributed by atoms with Gasteiger partial charge in [0.25, 0.3) is 0 Å². The predicted molar refractivity (Wildman–Crippen MR) is 236 cm³/mol. The summed E-state index contributed by atoms with van der Waals surface area (Å²) >= 11 is 0. The average Bonchev–Trinajstić information content (AvgIpc) is 3.60. The summed E-state index contributed by atoms with van der Waals surface area (Å²) in [5.41, 5.74) is 9.79. The van der Waals surface area contributed by atoms with E-state index in [9.17, 15) is 0 Å². The molecule has 0 saturated carbocycles. The second-order valence-electron chi connectivity index (χ2n) is 15.0. The van der Waals surface area contributed by atoms with E-state index in [-0.39, 0.29) is 0 Å². The van der Waals surface area contributed by atoms with Crippen LogP contribution in [0.3, 0.4) is 0 Å². The van der Waals surface area contributed by atoms with Crippen LogP contribution in [0.25, 0.3) is 115 Å². The van der Waals surface area contributed by atoms with Crippen molar-refractivity contribution in [2.75, 3.05) is 0 Å². The summed E-state index contributed by atoms with van der Waals surface area (Å²) in [6.45, 7) is 2.06. The lowest BCUT2D eigenvalue weighted by atomic mass is 9.86. The summed E-state index contributed by atoms with van der Waals surface area (Å²) < 4.78 is 2.21. The van der Waals surface area contributed by atoms with Gasteiger partial charge >= 0.3 is 0 Å². The number of nitrogens with zero attached hydrogens (tertiary/aromatic N) is 3. The highest BCUT2D eigenvalue weighted by Crippen LogP contribution is 2.44. The Bertz CT molecular complexity index is 3500. The molecule has 0 aliphatic heterocycles. The molecule has 12 aromatic rings. The molecule has 0 bridgehead atoms. The first-order chi connectivity index (χ1) is 27.7. The molecule has 3 heteroatoms. The van der Waals surface area contributed by atoms with Gasteiger partial charge in [0.05, 0.1) is 16.7 Å². The molecular formula is C53H33N3. The number of imidazole rings is 1. The topological polar surface area (TPSA) is 30.7 Å². The second-order valence-corrected chi connectivity index (χ2v) is 15.0. The van der Waals surface area contributed by atoms with Crippen molar-refractivity contribution >= 4 is 75.7 Å². The van der Waals surface area contributed by atoms with E-state index in [1.807, 2.05) is 12.3 Å². The van der Waals surface area contributed by atoms with E-state index in [1.54, 1.807) is 0 Å². The van der Waals surface area contributed by atoms with Crippen LogP contribution < -0.4 is 0 Å². The fourth-order valence-corrected chi connectivity index (χ4v) is 9.30. The normalized spacial score (nSPS) is 12.0. The Morgan fingerprint density at radius 1 is 0.393 bits per heavy atom. The van der Waals surface area contributed by atoms with Gasteiger partial charge in [0.15, 0.2) is 0 Å². The number of benzene rings is 9. The Kier molecular flexibility index (Phi) is 6.55. The Hall–Kier alpha value is -7.36. The van der Waals surface area contributed by atoms with Gasteiger partial charge in [-0.3, -0.25) is 9.55 Å². The van der Waals surface area contributed by atoms with Crippen LogP contribution in [0.1, 0.15) is 5.82 Å². The third-order valence-electron chi connectivity index (χ3n) is 11.9. The molecule has 56 heavy (non-hydrogen) atoms. The third kappa shape index (κ3) is 4.58. The molecule has 2 heterocycles. The molecule has 0 spiro atoms. The van der Waals surface area contributed by atoms with E-state index in [2.05, 4.69) is 181 Å². The van der Waals surface area contributed by atoms with Crippen molar-refractivity contribution in [1.82, 2.24) is 14.5 Å². The number of pyridine rings is 1. The van der Waals surface area contributed by atoms with E-state index < -0.39 is 0 Å². The fraction of sp³-hybridized carbons (Fsp3) is 0.0189. The smallest absolute Gasteiger partial charge is 0.111 e. The van der Waals surface area contributed by atoms with Gasteiger partial charge < -0.3 is 0 Å². The van der Waals surface area contributed by atoms with Crippen LogP contribution in [0.5, 0.6) is 0 Å². The maximum Gasteiger partial charge on any atom is 0.111 e. The summed E-state index contributed by atoms with van der Waals surface area (Å²) in [6, 6.07) is 64.3. The molecule has 260 valence electrons. The zero-order valence-electron chi connectivity index (χ0n) is 30.7. The zero-order valence-corrected chi connectivity index (χ0v) is 30.7. The molecule has 0 aliphatic rings. The van der Waals surface area contributed by atoms with Crippen LogP contribution in [-0.2, 0) is 0 Å². The van der Waals surface area contributed by atoms with Crippen molar-refractivity contribution in [1.29, 1.82) is 0 Å². The molecular weight excluding hydrogens is 679 g/mol. The average molecular weight is 712 g/mol. The van der Waals surface area contributed by atoms with Crippen LogP contribution in [0.15, 0.2) is 182 Å². The van der Waals surface area contributed by atoms with Crippen molar-refractivity contribution in [3.05, 3.63) is 188 Å². The number of para-hydroxylation sites is 1. The Morgan fingerprint density at radius 3 is 1.61 bits per heavy atom. The van der Waals surface area contributed by atoms with E-state index in [1.165, 1.54) is 75.8 Å². The monoisotopic (exact) mass is 711 g/mol. The van der Waals surface area contributed by atoms with Crippen LogP contribution in [0.4, 0.5) is 0 Å². The van der Waals surface area contributed by atoms with Crippen LogP contribution in [-0.4, -0.2) is 14.5 Å². The zero-order chi connectivity index (χ0) is 36.9. The van der Waals surface area contributed by atoms with Crippen LogP contribution in [0.2, 0.25) is 0 Å². The van der Waals surface area contributed by atoms with Crippen molar-refractivity contribution in [2.24, 2.45) is 0 Å². The highest BCUT2D eigenvalue weighted by molar-refractivity contribution is 6.37. The van der Waals surface area contributed by atoms with Gasteiger partial charge in [-0.15, -0.1) is 0 Å². The maximum atomic E-state index is 4.93. The second kappa shape index (κ2) is 11.8. The minimum atomic E-state index is 0.948. The Labute approximate surface area is 323 Å². The van der Waals surface area contributed by atoms with Gasteiger partial charge in [0.2, 0.25) is 0 Å². The summed E-state index contributed by atoms with van der Waals surface area (Å²) in [6.07, 6.45) is 1.98. The predicted octanol–water partition coefficient (Wildman–Crippen LogP) is 14.1. The highest BCUT2D eigenvalue weighted by atomic mass is 15.1. The maximum absolute atomic E-state index is 4.93. The van der Waals surface area contributed by atoms with Crippen molar-refractivity contribution in [3.63, 3.8) is 0 Å². The molecule has 3 nitrogen and oxygen atoms in total. The van der Waals surface area contributed by atoms with E-state index in [0.717, 1.165) is 44.9 Å². The Morgan fingerprint density at radius 2 is 0.964 bits per heavy atom. The summed E-state index contributed by atoms with van der Waals surface area (Å²) in [4.78, 5) is 9.83. The van der Waals surface area contributed by atoms with Crippen molar-refractivity contribution in [2.45, 2.75) is 6.92 Å². The van der Waals surface area contributed by atoms with Gasteiger partial charge in [-0.2, -0.15) is 0 Å². The van der Waals surface area contributed by atoms with Crippen molar-refractivity contribution < 1.29 is 0 Å². The number of fused-ring (bicyclic) bond motifs is 3. The van der Waals surface area contributed by atoms with Gasteiger partial charge in [0, 0.05) is 23.0 Å². The van der Waals surface area contributed by atoms with Gasteiger partial charge in [-0.25, -0.2) is 4.98 Å². The fourth-order valence-electron chi connectivity index (χ4n) is 9.30. The molecule has 2 aromatic heterocycles. The lowest BCUT2D eigenvalue weighted by Gasteiger charge is -2.17. The highest BCUT2D eigenvalue weighted by Gasteiger charge is 2.17. The molecule has 0 amide bonds. The quantitative estimate of drug-likeness (QED) is 0.170. The van der Waals surface area contributed by atoms with Gasteiger partial charge in [-0.05, 0) is 131 Å². The number of hydrogen-bond acceptors (Lipinski definition) is 2. The summed E-state index contributed by atoms with van der Waals surface area (Å²) in [5, 5.41) is 15.5.